The molecule has 1 N–H and O–H groups in total. The van der Waals surface area contributed by atoms with Gasteiger partial charge in [-0.05, 0) is 25.1 Å². The predicted molar refractivity (Wildman–Crippen MR) is 76.6 cm³/mol. The fourth-order valence-electron chi connectivity index (χ4n) is 2.11. The van der Waals surface area contributed by atoms with Crippen molar-refractivity contribution in [2.24, 2.45) is 0 Å². The van der Waals surface area contributed by atoms with Crippen molar-refractivity contribution in [3.63, 3.8) is 0 Å². The molecule has 1 amide bonds. The van der Waals surface area contributed by atoms with Crippen LogP contribution in [0.1, 0.15) is 30.7 Å². The van der Waals surface area contributed by atoms with Crippen LogP contribution in [0.25, 0.3) is 0 Å². The number of ether oxygens (including phenoxy) is 1. The maximum Gasteiger partial charge on any atom is 0.220 e. The van der Waals surface area contributed by atoms with Gasteiger partial charge in [-0.2, -0.15) is 0 Å². The number of methoxy groups -OCH3 is 1. The minimum atomic E-state index is -0.0877. The van der Waals surface area contributed by atoms with Crippen molar-refractivity contribution >= 4 is 5.91 Å². The normalized spacial score (nSPS) is 11.9. The number of rotatable bonds is 6. The topological polar surface area (TPSA) is 51.5 Å². The van der Waals surface area contributed by atoms with Gasteiger partial charge in [-0.3, -0.25) is 4.79 Å². The lowest BCUT2D eigenvalue weighted by atomic mass is 10.1. The summed E-state index contributed by atoms with van der Waals surface area (Å²) >= 11 is 0. The van der Waals surface area contributed by atoms with Crippen LogP contribution in [0.3, 0.4) is 0 Å². The molecule has 20 heavy (non-hydrogen) atoms. The number of hydrogen-bond acceptors (Lipinski definition) is 3. The van der Waals surface area contributed by atoms with E-state index in [1.165, 1.54) is 0 Å². The molecule has 0 radical (unpaired) electrons. The number of carbonyl (C=O) groups is 1. The van der Waals surface area contributed by atoms with Crippen molar-refractivity contribution in [1.29, 1.82) is 0 Å². The van der Waals surface area contributed by atoms with E-state index in [0.717, 1.165) is 17.1 Å². The Bertz CT molecular complexity index is 549. The van der Waals surface area contributed by atoms with E-state index in [4.69, 9.17) is 9.15 Å². The van der Waals surface area contributed by atoms with E-state index in [1.807, 2.05) is 43.3 Å². The maximum absolute atomic E-state index is 11.9. The standard InChI is InChI=1S/C16H19NO3/c1-12(14-7-3-4-8-15(14)19-2)17-16(18)10-9-13-6-5-11-20-13/h3-8,11-12H,9-10H2,1-2H3,(H,17,18)/t12-/m1/s1. The molecule has 4 nitrogen and oxygen atoms in total. The zero-order valence-corrected chi connectivity index (χ0v) is 11.8. The predicted octanol–water partition coefficient (Wildman–Crippen LogP) is 3.10. The molecule has 0 unspecified atom stereocenters. The van der Waals surface area contributed by atoms with E-state index in [9.17, 15) is 4.79 Å². The van der Waals surface area contributed by atoms with Crippen molar-refractivity contribution < 1.29 is 13.9 Å². The van der Waals surface area contributed by atoms with Crippen molar-refractivity contribution in [3.05, 3.63) is 54.0 Å². The van der Waals surface area contributed by atoms with Gasteiger partial charge in [0.25, 0.3) is 0 Å². The molecule has 0 saturated carbocycles. The van der Waals surface area contributed by atoms with Gasteiger partial charge in [0.15, 0.2) is 0 Å². The Kier molecular flexibility index (Phi) is 4.82. The average Bonchev–Trinajstić information content (AvgIpc) is 2.98. The molecule has 106 valence electrons. The fourth-order valence-corrected chi connectivity index (χ4v) is 2.11. The minimum Gasteiger partial charge on any atom is -0.496 e. The molecule has 0 aliphatic rings. The van der Waals surface area contributed by atoms with Crippen LogP contribution >= 0.6 is 0 Å². The third-order valence-corrected chi connectivity index (χ3v) is 3.16. The Balaban J connectivity index is 1.90. The van der Waals surface area contributed by atoms with Crippen molar-refractivity contribution in [2.75, 3.05) is 7.11 Å². The summed E-state index contributed by atoms with van der Waals surface area (Å²) in [5.41, 5.74) is 0.973. The lowest BCUT2D eigenvalue weighted by Crippen LogP contribution is -2.27. The highest BCUT2D eigenvalue weighted by molar-refractivity contribution is 5.76. The Labute approximate surface area is 118 Å². The quantitative estimate of drug-likeness (QED) is 0.880. The number of amides is 1. The Morgan fingerprint density at radius 3 is 2.80 bits per heavy atom. The largest absolute Gasteiger partial charge is 0.496 e. The number of benzene rings is 1. The van der Waals surface area contributed by atoms with Gasteiger partial charge in [-0.1, -0.05) is 18.2 Å². The summed E-state index contributed by atoms with van der Waals surface area (Å²) in [7, 11) is 1.63. The first-order valence-corrected chi connectivity index (χ1v) is 6.65. The van der Waals surface area contributed by atoms with E-state index in [2.05, 4.69) is 5.32 Å². The molecule has 0 aliphatic heterocycles. The Morgan fingerprint density at radius 1 is 1.30 bits per heavy atom. The second-order valence-electron chi connectivity index (χ2n) is 4.61. The molecule has 0 bridgehead atoms. The molecule has 0 spiro atoms. The summed E-state index contributed by atoms with van der Waals surface area (Å²) in [5, 5.41) is 2.97. The third-order valence-electron chi connectivity index (χ3n) is 3.16. The van der Waals surface area contributed by atoms with Gasteiger partial charge < -0.3 is 14.5 Å². The minimum absolute atomic E-state index is 0.000180. The molecule has 2 rings (SSSR count). The lowest BCUT2D eigenvalue weighted by Gasteiger charge is -2.17. The number of carbonyl (C=O) groups excluding carboxylic acids is 1. The summed E-state index contributed by atoms with van der Waals surface area (Å²) < 4.78 is 10.5. The van der Waals surface area contributed by atoms with Crippen molar-refractivity contribution in [1.82, 2.24) is 5.32 Å². The molecule has 4 heteroatoms. The average molecular weight is 273 g/mol. The zero-order valence-electron chi connectivity index (χ0n) is 11.8. The van der Waals surface area contributed by atoms with Crippen molar-refractivity contribution in [3.8, 4) is 5.75 Å². The first-order valence-electron chi connectivity index (χ1n) is 6.65. The monoisotopic (exact) mass is 273 g/mol. The van der Waals surface area contributed by atoms with Gasteiger partial charge in [-0.25, -0.2) is 0 Å². The molecule has 0 aliphatic carbocycles. The fraction of sp³-hybridized carbons (Fsp3) is 0.312. The van der Waals surface area contributed by atoms with Gasteiger partial charge >= 0.3 is 0 Å². The van der Waals surface area contributed by atoms with E-state index in [1.54, 1.807) is 13.4 Å². The number of aryl methyl sites for hydroxylation is 1. The van der Waals surface area contributed by atoms with Crippen LogP contribution in [0.4, 0.5) is 0 Å². The molecular formula is C16H19NO3. The van der Waals surface area contributed by atoms with Crippen LogP contribution in [0.2, 0.25) is 0 Å². The van der Waals surface area contributed by atoms with Gasteiger partial charge in [0.1, 0.15) is 11.5 Å². The van der Waals surface area contributed by atoms with Crippen LogP contribution in [-0.2, 0) is 11.2 Å². The third kappa shape index (κ3) is 3.63. The molecule has 1 aromatic heterocycles. The van der Waals surface area contributed by atoms with Crippen LogP contribution in [0, 0.1) is 0 Å². The maximum atomic E-state index is 11.9. The smallest absolute Gasteiger partial charge is 0.220 e. The van der Waals surface area contributed by atoms with Gasteiger partial charge in [0.2, 0.25) is 5.91 Å². The van der Waals surface area contributed by atoms with Gasteiger partial charge in [-0.15, -0.1) is 0 Å². The van der Waals surface area contributed by atoms with Crippen molar-refractivity contribution in [2.45, 2.75) is 25.8 Å². The van der Waals surface area contributed by atoms with Crippen LogP contribution < -0.4 is 10.1 Å². The van der Waals surface area contributed by atoms with Crippen LogP contribution in [0.5, 0.6) is 5.75 Å². The van der Waals surface area contributed by atoms with Crippen LogP contribution in [-0.4, -0.2) is 13.0 Å². The summed E-state index contributed by atoms with van der Waals surface area (Å²) in [4.78, 5) is 11.9. The molecule has 1 aromatic carbocycles. The summed E-state index contributed by atoms with van der Waals surface area (Å²) in [5.74, 6) is 1.61. The highest BCUT2D eigenvalue weighted by Gasteiger charge is 2.13. The number of para-hydroxylation sites is 1. The molecule has 0 fully saturated rings. The Hall–Kier alpha value is -2.23. The first-order chi connectivity index (χ1) is 9.70. The van der Waals surface area contributed by atoms with E-state index < -0.39 is 0 Å². The van der Waals surface area contributed by atoms with Gasteiger partial charge in [0.05, 0.1) is 19.4 Å². The summed E-state index contributed by atoms with van der Waals surface area (Å²) in [6.45, 7) is 1.95. The van der Waals surface area contributed by atoms with E-state index >= 15 is 0 Å². The summed E-state index contributed by atoms with van der Waals surface area (Å²) in [6, 6.07) is 11.3. The number of nitrogens with one attached hydrogen (secondary N) is 1. The number of hydrogen-bond donors (Lipinski definition) is 1. The zero-order chi connectivity index (χ0) is 14.4. The highest BCUT2D eigenvalue weighted by atomic mass is 16.5. The Morgan fingerprint density at radius 2 is 2.10 bits per heavy atom. The highest BCUT2D eigenvalue weighted by Crippen LogP contribution is 2.24. The van der Waals surface area contributed by atoms with E-state index in [-0.39, 0.29) is 11.9 Å². The number of furan rings is 1. The molecule has 1 heterocycles. The van der Waals surface area contributed by atoms with Gasteiger partial charge in [0, 0.05) is 18.4 Å². The second kappa shape index (κ2) is 6.80. The molecule has 1 atom stereocenters. The lowest BCUT2D eigenvalue weighted by molar-refractivity contribution is -0.121. The summed E-state index contributed by atoms with van der Waals surface area (Å²) in [6.07, 6.45) is 2.63. The second-order valence-corrected chi connectivity index (χ2v) is 4.61. The first kappa shape index (κ1) is 14.2. The SMILES string of the molecule is COc1ccccc1[C@@H](C)NC(=O)CCc1ccco1. The van der Waals surface area contributed by atoms with E-state index in [0.29, 0.717) is 12.8 Å². The van der Waals surface area contributed by atoms with Crippen LogP contribution in [0.15, 0.2) is 47.1 Å². The molecule has 2 aromatic rings. The molecular weight excluding hydrogens is 254 g/mol. The molecule has 0 saturated heterocycles.